The Morgan fingerprint density at radius 2 is 2.03 bits per heavy atom. The highest BCUT2D eigenvalue weighted by atomic mass is 19.4. The van der Waals surface area contributed by atoms with Crippen LogP contribution in [0.2, 0.25) is 0 Å². The van der Waals surface area contributed by atoms with Gasteiger partial charge in [-0.25, -0.2) is 4.98 Å². The molecule has 2 aliphatic heterocycles. The summed E-state index contributed by atoms with van der Waals surface area (Å²) < 4.78 is 62.3. The first-order chi connectivity index (χ1) is 17.3. The van der Waals surface area contributed by atoms with Gasteiger partial charge >= 0.3 is 6.18 Å². The standard InChI is InChI=1S/C21H22F3N7O5/c1-11(21(22,23)24)35-19-15(6-30(29-19)36-14-7-33-8-14)27-20-26-5-12-3-13(4-25)31(18(12)28-20)16-9-34-10-17(16)32-2/h3,5-6,11,14,16-17H,7-10H2,1-2H3,(H,26,27,28)/t11-,16-,17+/m1/s1. The van der Waals surface area contributed by atoms with Crippen molar-refractivity contribution in [1.29, 1.82) is 5.26 Å². The fourth-order valence-electron chi connectivity index (χ4n) is 3.83. The smallest absolute Gasteiger partial charge is 0.425 e. The molecule has 2 saturated heterocycles. The van der Waals surface area contributed by atoms with Gasteiger partial charge in [-0.2, -0.15) is 23.4 Å². The van der Waals surface area contributed by atoms with E-state index in [1.165, 1.54) is 12.4 Å². The van der Waals surface area contributed by atoms with Crippen molar-refractivity contribution >= 4 is 22.7 Å². The molecule has 0 saturated carbocycles. The van der Waals surface area contributed by atoms with E-state index in [0.29, 0.717) is 43.2 Å². The van der Waals surface area contributed by atoms with E-state index in [2.05, 4.69) is 26.5 Å². The molecule has 2 fully saturated rings. The molecule has 36 heavy (non-hydrogen) atoms. The number of nitriles is 1. The molecule has 12 nitrogen and oxygen atoms in total. The molecular weight excluding hydrogens is 487 g/mol. The van der Waals surface area contributed by atoms with Crippen LogP contribution in [0.1, 0.15) is 18.7 Å². The molecule has 3 aromatic rings. The molecule has 0 unspecified atom stereocenters. The molecule has 192 valence electrons. The van der Waals surface area contributed by atoms with Gasteiger partial charge in [-0.3, -0.25) is 0 Å². The van der Waals surface area contributed by atoms with Crippen LogP contribution < -0.4 is 14.9 Å². The highest BCUT2D eigenvalue weighted by Gasteiger charge is 2.39. The Hall–Kier alpha value is -3.61. The Labute approximate surface area is 202 Å². The number of methoxy groups -OCH3 is 1. The second-order valence-corrected chi connectivity index (χ2v) is 8.30. The van der Waals surface area contributed by atoms with E-state index in [9.17, 15) is 18.4 Å². The number of fused-ring (bicyclic) bond motifs is 1. The van der Waals surface area contributed by atoms with Gasteiger partial charge in [0.2, 0.25) is 5.95 Å². The molecule has 0 amide bonds. The number of alkyl halides is 3. The molecule has 1 N–H and O–H groups in total. The van der Waals surface area contributed by atoms with Gasteiger partial charge < -0.3 is 33.7 Å². The number of anilines is 2. The Bertz CT molecular complexity index is 1280. The molecule has 5 rings (SSSR count). The number of halogens is 3. The molecule has 15 heteroatoms. The van der Waals surface area contributed by atoms with Crippen molar-refractivity contribution in [3.8, 4) is 11.9 Å². The minimum Gasteiger partial charge on any atom is -0.462 e. The minimum absolute atomic E-state index is 0.0512. The van der Waals surface area contributed by atoms with Crippen LogP contribution in [0, 0.1) is 11.3 Å². The second-order valence-electron chi connectivity index (χ2n) is 8.30. The van der Waals surface area contributed by atoms with Gasteiger partial charge in [0.15, 0.2) is 12.2 Å². The minimum atomic E-state index is -4.60. The predicted octanol–water partition coefficient (Wildman–Crippen LogP) is 1.99. The summed E-state index contributed by atoms with van der Waals surface area (Å²) in [6, 6.07) is 3.50. The molecule has 2 aliphatic rings. The van der Waals surface area contributed by atoms with E-state index in [1.807, 2.05) is 0 Å². The average molecular weight is 509 g/mol. The van der Waals surface area contributed by atoms with Crippen LogP contribution >= 0.6 is 0 Å². The first kappa shape index (κ1) is 24.1. The number of aromatic nitrogens is 5. The molecule has 0 aromatic carbocycles. The molecule has 0 radical (unpaired) electrons. The molecule has 5 heterocycles. The lowest BCUT2D eigenvalue weighted by Gasteiger charge is -2.25. The molecular formula is C21H22F3N7O5. The first-order valence-corrected chi connectivity index (χ1v) is 11.0. The number of nitrogens with zero attached hydrogens (tertiary/aromatic N) is 6. The summed E-state index contributed by atoms with van der Waals surface area (Å²) in [5.41, 5.74) is 0.840. The van der Waals surface area contributed by atoms with Crippen LogP contribution in [0.15, 0.2) is 18.5 Å². The van der Waals surface area contributed by atoms with Crippen molar-refractivity contribution < 1.29 is 37.0 Å². The van der Waals surface area contributed by atoms with E-state index in [-0.39, 0.29) is 35.8 Å². The fourth-order valence-corrected chi connectivity index (χ4v) is 3.83. The van der Waals surface area contributed by atoms with Crippen molar-refractivity contribution in [3.63, 3.8) is 0 Å². The van der Waals surface area contributed by atoms with E-state index in [0.717, 1.165) is 11.8 Å². The zero-order chi connectivity index (χ0) is 25.4. The van der Waals surface area contributed by atoms with E-state index in [4.69, 9.17) is 23.8 Å². The lowest BCUT2D eigenvalue weighted by molar-refractivity contribution is -0.190. The average Bonchev–Trinajstić information content (AvgIpc) is 3.51. The van der Waals surface area contributed by atoms with Crippen molar-refractivity contribution in [2.75, 3.05) is 38.9 Å². The third-order valence-electron chi connectivity index (χ3n) is 5.84. The van der Waals surface area contributed by atoms with Crippen LogP contribution in [0.4, 0.5) is 24.8 Å². The maximum Gasteiger partial charge on any atom is 0.425 e. The van der Waals surface area contributed by atoms with Crippen LogP contribution in [0.25, 0.3) is 11.0 Å². The molecule has 0 spiro atoms. The van der Waals surface area contributed by atoms with Crippen LogP contribution in [0.5, 0.6) is 5.88 Å². The van der Waals surface area contributed by atoms with Crippen molar-refractivity contribution in [3.05, 3.63) is 24.2 Å². The summed E-state index contributed by atoms with van der Waals surface area (Å²) in [5, 5.41) is 17.1. The van der Waals surface area contributed by atoms with Crippen molar-refractivity contribution in [2.45, 2.75) is 37.5 Å². The Kier molecular flexibility index (Phi) is 6.33. The van der Waals surface area contributed by atoms with Crippen LogP contribution in [0.3, 0.4) is 0 Å². The van der Waals surface area contributed by atoms with Gasteiger partial charge in [0.25, 0.3) is 5.88 Å². The Morgan fingerprint density at radius 1 is 1.25 bits per heavy atom. The Morgan fingerprint density at radius 3 is 2.69 bits per heavy atom. The van der Waals surface area contributed by atoms with Gasteiger partial charge in [-0.15, -0.1) is 4.85 Å². The summed E-state index contributed by atoms with van der Waals surface area (Å²) in [6.07, 6.45) is -4.46. The monoisotopic (exact) mass is 509 g/mol. The van der Waals surface area contributed by atoms with E-state index in [1.54, 1.807) is 17.7 Å². The van der Waals surface area contributed by atoms with E-state index >= 15 is 0 Å². The fraction of sp³-hybridized carbons (Fsp3) is 0.524. The molecule has 3 aromatic heterocycles. The summed E-state index contributed by atoms with van der Waals surface area (Å²) in [5.74, 6) is -0.296. The molecule has 0 bridgehead atoms. The lowest BCUT2D eigenvalue weighted by Crippen LogP contribution is -2.42. The third-order valence-corrected chi connectivity index (χ3v) is 5.84. The maximum atomic E-state index is 13.1. The quantitative estimate of drug-likeness (QED) is 0.481. The maximum absolute atomic E-state index is 13.1. The molecule has 3 atom stereocenters. The SMILES string of the molecule is CO[C@H]1COC[C@H]1n1c(C#N)cc2cnc(Nc3cn(OC4COC4)nc3O[C@H](C)C(F)(F)F)nc21. The Balaban J connectivity index is 1.48. The van der Waals surface area contributed by atoms with Gasteiger partial charge in [0.1, 0.15) is 29.2 Å². The van der Waals surface area contributed by atoms with E-state index < -0.39 is 12.3 Å². The van der Waals surface area contributed by atoms with Gasteiger partial charge in [-0.05, 0) is 13.0 Å². The predicted molar refractivity (Wildman–Crippen MR) is 116 cm³/mol. The summed E-state index contributed by atoms with van der Waals surface area (Å²) in [7, 11) is 1.56. The number of ether oxygens (including phenoxy) is 4. The highest BCUT2D eigenvalue weighted by molar-refractivity contribution is 5.79. The normalized spacial score (nSPS) is 21.2. The number of hydrogen-bond acceptors (Lipinski definition) is 10. The van der Waals surface area contributed by atoms with Gasteiger partial charge in [-0.1, -0.05) is 5.10 Å². The summed E-state index contributed by atoms with van der Waals surface area (Å²) in [4.78, 5) is 15.3. The van der Waals surface area contributed by atoms with Crippen molar-refractivity contribution in [1.82, 2.24) is 24.5 Å². The zero-order valence-electron chi connectivity index (χ0n) is 19.2. The summed E-state index contributed by atoms with van der Waals surface area (Å²) >= 11 is 0. The topological polar surface area (TPSA) is 130 Å². The molecule has 0 aliphatic carbocycles. The second kappa shape index (κ2) is 9.45. The van der Waals surface area contributed by atoms with Crippen LogP contribution in [-0.2, 0) is 14.2 Å². The lowest BCUT2D eigenvalue weighted by atomic mass is 10.2. The van der Waals surface area contributed by atoms with Gasteiger partial charge in [0.05, 0.1) is 38.7 Å². The third kappa shape index (κ3) is 4.62. The summed E-state index contributed by atoms with van der Waals surface area (Å²) in [6.45, 7) is 2.24. The number of rotatable bonds is 8. The van der Waals surface area contributed by atoms with Crippen molar-refractivity contribution in [2.24, 2.45) is 0 Å². The zero-order valence-corrected chi connectivity index (χ0v) is 19.2. The number of nitrogens with one attached hydrogen (secondary N) is 1. The van der Waals surface area contributed by atoms with Crippen LogP contribution in [-0.4, -0.2) is 82.5 Å². The largest absolute Gasteiger partial charge is 0.462 e. The first-order valence-electron chi connectivity index (χ1n) is 11.0. The number of hydrogen-bond donors (Lipinski definition) is 1. The highest BCUT2D eigenvalue weighted by Crippen LogP contribution is 2.32. The van der Waals surface area contributed by atoms with Gasteiger partial charge in [0, 0.05) is 18.7 Å².